The predicted molar refractivity (Wildman–Crippen MR) is 101 cm³/mol. The van der Waals surface area contributed by atoms with E-state index in [1.807, 2.05) is 55.5 Å². The van der Waals surface area contributed by atoms with Crippen LogP contribution in [0.3, 0.4) is 0 Å². The average molecular weight is 450 g/mol. The lowest BCUT2D eigenvalue weighted by Crippen LogP contribution is -2.05. The zero-order valence-corrected chi connectivity index (χ0v) is 16.0. The molecule has 0 saturated carbocycles. The summed E-state index contributed by atoms with van der Waals surface area (Å²) in [6, 6.07) is 15.1. The zero-order valence-electron chi connectivity index (χ0n) is 12.8. The maximum absolute atomic E-state index is 11.9. The molecular formula is C18H14Br2N2O2. The number of hydrogen-bond acceptors (Lipinski definition) is 2. The molecule has 122 valence electrons. The molecule has 0 amide bonds. The van der Waals surface area contributed by atoms with Gasteiger partial charge in [0, 0.05) is 14.5 Å². The van der Waals surface area contributed by atoms with E-state index >= 15 is 0 Å². The summed E-state index contributed by atoms with van der Waals surface area (Å²) in [4.78, 5) is 11.9. The lowest BCUT2D eigenvalue weighted by Gasteiger charge is -2.06. The Morgan fingerprint density at radius 1 is 1.04 bits per heavy atom. The van der Waals surface area contributed by atoms with Gasteiger partial charge in [0.15, 0.2) is 0 Å². The summed E-state index contributed by atoms with van der Waals surface area (Å²) in [6.07, 6.45) is 0.571. The monoisotopic (exact) mass is 448 g/mol. The van der Waals surface area contributed by atoms with Crippen molar-refractivity contribution in [2.75, 3.05) is 0 Å². The van der Waals surface area contributed by atoms with E-state index in [9.17, 15) is 9.90 Å². The van der Waals surface area contributed by atoms with E-state index in [2.05, 4.69) is 37.0 Å². The first-order chi connectivity index (χ1) is 11.5. The number of rotatable bonds is 4. The highest BCUT2D eigenvalue weighted by atomic mass is 79.9. The molecule has 0 spiro atoms. The van der Waals surface area contributed by atoms with E-state index in [1.54, 1.807) is 4.68 Å². The smallest absolute Gasteiger partial charge is 0.339 e. The molecule has 0 fully saturated rings. The highest BCUT2D eigenvalue weighted by molar-refractivity contribution is 9.10. The molecule has 0 saturated heterocycles. The topological polar surface area (TPSA) is 55.1 Å². The van der Waals surface area contributed by atoms with Gasteiger partial charge in [-0.25, -0.2) is 9.48 Å². The van der Waals surface area contributed by atoms with Crippen molar-refractivity contribution < 1.29 is 9.90 Å². The van der Waals surface area contributed by atoms with Gasteiger partial charge in [-0.15, -0.1) is 0 Å². The van der Waals surface area contributed by atoms with Crippen LogP contribution in [0.25, 0.3) is 16.9 Å². The van der Waals surface area contributed by atoms with Gasteiger partial charge in [0.1, 0.15) is 11.3 Å². The number of carboxylic acids is 1. The molecule has 0 bridgehead atoms. The van der Waals surface area contributed by atoms with Gasteiger partial charge in [-0.05, 0) is 42.8 Å². The molecule has 0 unspecified atom stereocenters. The predicted octanol–water partition coefficient (Wildman–Crippen LogP) is 5.32. The standard InChI is InChI=1S/C18H14Br2N2O2/c1-2-15-16(18(23)24)17(11-3-5-12(19)6-4-11)21-22(15)14-9-7-13(20)8-10-14/h3-10H,2H2,1H3,(H,23,24). The van der Waals surface area contributed by atoms with Crippen molar-refractivity contribution in [3.63, 3.8) is 0 Å². The number of hydrogen-bond donors (Lipinski definition) is 1. The molecule has 3 rings (SSSR count). The molecule has 1 heterocycles. The van der Waals surface area contributed by atoms with Gasteiger partial charge < -0.3 is 5.11 Å². The van der Waals surface area contributed by atoms with Crippen molar-refractivity contribution in [2.45, 2.75) is 13.3 Å². The van der Waals surface area contributed by atoms with Crippen molar-refractivity contribution in [3.05, 3.63) is 68.7 Å². The normalized spacial score (nSPS) is 10.8. The SMILES string of the molecule is CCc1c(C(=O)O)c(-c2ccc(Br)cc2)nn1-c1ccc(Br)cc1. The van der Waals surface area contributed by atoms with Crippen LogP contribution in [0.15, 0.2) is 57.5 Å². The number of benzene rings is 2. The van der Waals surface area contributed by atoms with Gasteiger partial charge in [-0.1, -0.05) is 50.9 Å². The van der Waals surface area contributed by atoms with Gasteiger partial charge in [-0.3, -0.25) is 0 Å². The van der Waals surface area contributed by atoms with Crippen molar-refractivity contribution in [3.8, 4) is 16.9 Å². The molecule has 0 aliphatic heterocycles. The van der Waals surface area contributed by atoms with Crippen molar-refractivity contribution in [1.82, 2.24) is 9.78 Å². The highest BCUT2D eigenvalue weighted by Gasteiger charge is 2.24. The number of aromatic carboxylic acids is 1. The molecule has 6 heteroatoms. The van der Waals surface area contributed by atoms with Crippen LogP contribution < -0.4 is 0 Å². The summed E-state index contributed by atoms with van der Waals surface area (Å²) in [6.45, 7) is 1.93. The lowest BCUT2D eigenvalue weighted by molar-refractivity contribution is 0.0696. The fourth-order valence-electron chi connectivity index (χ4n) is 2.61. The Balaban J connectivity index is 2.24. The van der Waals surface area contributed by atoms with Crippen LogP contribution in [0.1, 0.15) is 23.0 Å². The maximum Gasteiger partial charge on any atom is 0.339 e. The number of aromatic nitrogens is 2. The number of nitrogens with zero attached hydrogens (tertiary/aromatic N) is 2. The van der Waals surface area contributed by atoms with Crippen LogP contribution in [-0.2, 0) is 6.42 Å². The Hall–Kier alpha value is -1.92. The van der Waals surface area contributed by atoms with Gasteiger partial charge >= 0.3 is 5.97 Å². The van der Waals surface area contributed by atoms with Gasteiger partial charge in [0.2, 0.25) is 0 Å². The van der Waals surface area contributed by atoms with Crippen LogP contribution in [-0.4, -0.2) is 20.9 Å². The third kappa shape index (κ3) is 3.16. The fraction of sp³-hybridized carbons (Fsp3) is 0.111. The van der Waals surface area contributed by atoms with Crippen LogP contribution in [0.5, 0.6) is 0 Å². The van der Waals surface area contributed by atoms with Crippen molar-refractivity contribution in [1.29, 1.82) is 0 Å². The summed E-state index contributed by atoms with van der Waals surface area (Å²) in [7, 11) is 0. The molecule has 3 aromatic rings. The Bertz CT molecular complexity index is 885. The maximum atomic E-state index is 11.9. The van der Waals surface area contributed by atoms with Gasteiger partial charge in [0.05, 0.1) is 11.4 Å². The minimum absolute atomic E-state index is 0.253. The van der Waals surface area contributed by atoms with Crippen LogP contribution in [0.4, 0.5) is 0 Å². The van der Waals surface area contributed by atoms with Crippen molar-refractivity contribution in [2.24, 2.45) is 0 Å². The molecule has 24 heavy (non-hydrogen) atoms. The second kappa shape index (κ2) is 6.91. The third-order valence-corrected chi connectivity index (χ3v) is 4.78. The molecule has 1 aromatic heterocycles. The summed E-state index contributed by atoms with van der Waals surface area (Å²) >= 11 is 6.81. The minimum Gasteiger partial charge on any atom is -0.478 e. The molecule has 2 aromatic carbocycles. The van der Waals surface area contributed by atoms with Gasteiger partial charge in [0.25, 0.3) is 0 Å². The van der Waals surface area contributed by atoms with Crippen LogP contribution in [0.2, 0.25) is 0 Å². The Morgan fingerprint density at radius 3 is 2.08 bits per heavy atom. The second-order valence-electron chi connectivity index (χ2n) is 5.22. The summed E-state index contributed by atoms with van der Waals surface area (Å²) < 4.78 is 3.61. The molecule has 1 N–H and O–H groups in total. The highest BCUT2D eigenvalue weighted by Crippen LogP contribution is 2.29. The Labute approximate surface area is 156 Å². The van der Waals surface area contributed by atoms with Crippen LogP contribution in [0, 0.1) is 0 Å². The van der Waals surface area contributed by atoms with E-state index in [0.29, 0.717) is 17.8 Å². The lowest BCUT2D eigenvalue weighted by atomic mass is 10.0. The van der Waals surface area contributed by atoms with E-state index in [-0.39, 0.29) is 5.56 Å². The molecule has 4 nitrogen and oxygen atoms in total. The van der Waals surface area contributed by atoms with Gasteiger partial charge in [-0.2, -0.15) is 5.10 Å². The van der Waals surface area contributed by atoms with E-state index in [0.717, 1.165) is 20.2 Å². The molecular weight excluding hydrogens is 436 g/mol. The second-order valence-corrected chi connectivity index (χ2v) is 7.06. The van der Waals surface area contributed by atoms with E-state index in [1.165, 1.54) is 0 Å². The summed E-state index contributed by atoms with van der Waals surface area (Å²) in [5.41, 5.74) is 3.03. The first-order valence-corrected chi connectivity index (χ1v) is 8.97. The molecule has 0 aliphatic rings. The average Bonchev–Trinajstić information content (AvgIpc) is 2.96. The molecule has 0 atom stereocenters. The van der Waals surface area contributed by atoms with E-state index < -0.39 is 5.97 Å². The fourth-order valence-corrected chi connectivity index (χ4v) is 3.14. The van der Waals surface area contributed by atoms with E-state index in [4.69, 9.17) is 0 Å². The summed E-state index contributed by atoms with van der Waals surface area (Å²) in [5.74, 6) is -0.965. The first-order valence-electron chi connectivity index (χ1n) is 7.38. The Morgan fingerprint density at radius 2 is 1.58 bits per heavy atom. The summed E-state index contributed by atoms with van der Waals surface area (Å²) in [5, 5.41) is 14.3. The van der Waals surface area contributed by atoms with Crippen LogP contribution >= 0.6 is 31.9 Å². The third-order valence-electron chi connectivity index (χ3n) is 3.72. The zero-order chi connectivity index (χ0) is 17.3. The number of carbonyl (C=O) groups is 1. The first kappa shape index (κ1) is 16.9. The number of carboxylic acid groups (broad SMARTS) is 1. The number of halogens is 2. The molecule has 0 radical (unpaired) electrons. The quantitative estimate of drug-likeness (QED) is 0.585. The largest absolute Gasteiger partial charge is 0.478 e. The van der Waals surface area contributed by atoms with Crippen molar-refractivity contribution >= 4 is 37.8 Å². The Kier molecular flexibility index (Phi) is 4.87. The molecule has 0 aliphatic carbocycles. The minimum atomic E-state index is -0.965.